The van der Waals surface area contributed by atoms with E-state index in [0.717, 1.165) is 12.8 Å². The summed E-state index contributed by atoms with van der Waals surface area (Å²) >= 11 is 0. The third kappa shape index (κ3) is 11.5. The monoisotopic (exact) mass is 385 g/mol. The van der Waals surface area contributed by atoms with Gasteiger partial charge in [0.15, 0.2) is 0 Å². The standard InChI is InChI=1S/C24H51NO2/c1-4-5-6-7-8-9-10-11-12-13-14-15-16-17-18-24(21-25,22(2)19-26)23(3)20-27/h22-23,26-27H,4-21,25H2,1-3H3. The summed E-state index contributed by atoms with van der Waals surface area (Å²) in [5.74, 6) is 0.290. The molecule has 0 aliphatic heterocycles. The van der Waals surface area contributed by atoms with Crippen LogP contribution in [0.2, 0.25) is 0 Å². The Labute approximate surface area is 170 Å². The highest BCUT2D eigenvalue weighted by atomic mass is 16.3. The van der Waals surface area contributed by atoms with Crippen LogP contribution in [-0.2, 0) is 0 Å². The Morgan fingerprint density at radius 2 is 0.963 bits per heavy atom. The molecule has 0 aromatic carbocycles. The Hall–Kier alpha value is -0.120. The molecule has 0 rings (SSSR count). The fourth-order valence-corrected chi connectivity index (χ4v) is 4.50. The van der Waals surface area contributed by atoms with E-state index in [0.29, 0.717) is 6.54 Å². The minimum atomic E-state index is -0.124. The number of hydrogen-bond acceptors (Lipinski definition) is 3. The van der Waals surface area contributed by atoms with Crippen molar-refractivity contribution in [3.63, 3.8) is 0 Å². The first-order valence-corrected chi connectivity index (χ1v) is 12.0. The van der Waals surface area contributed by atoms with Gasteiger partial charge in [-0.25, -0.2) is 0 Å². The van der Waals surface area contributed by atoms with Gasteiger partial charge in [-0.3, -0.25) is 0 Å². The average Bonchev–Trinajstić information content (AvgIpc) is 2.70. The molecule has 0 spiro atoms. The van der Waals surface area contributed by atoms with Crippen molar-refractivity contribution in [1.82, 2.24) is 0 Å². The lowest BCUT2D eigenvalue weighted by Gasteiger charge is -2.42. The minimum Gasteiger partial charge on any atom is -0.396 e. The number of unbranched alkanes of at least 4 members (excludes halogenated alkanes) is 13. The van der Waals surface area contributed by atoms with Crippen LogP contribution in [0, 0.1) is 17.3 Å². The molecule has 27 heavy (non-hydrogen) atoms. The molecule has 2 atom stereocenters. The van der Waals surface area contributed by atoms with E-state index in [1.165, 1.54) is 83.5 Å². The van der Waals surface area contributed by atoms with Gasteiger partial charge >= 0.3 is 0 Å². The van der Waals surface area contributed by atoms with Crippen LogP contribution in [0.25, 0.3) is 0 Å². The smallest absolute Gasteiger partial charge is 0.0462 e. The van der Waals surface area contributed by atoms with Gasteiger partial charge in [-0.2, -0.15) is 0 Å². The molecule has 0 radical (unpaired) electrons. The van der Waals surface area contributed by atoms with E-state index in [2.05, 4.69) is 20.8 Å². The molecule has 0 aromatic heterocycles. The summed E-state index contributed by atoms with van der Waals surface area (Å²) in [5, 5.41) is 19.2. The first kappa shape index (κ1) is 26.9. The number of rotatable bonds is 20. The molecule has 4 N–H and O–H groups in total. The van der Waals surface area contributed by atoms with Gasteiger partial charge in [0.1, 0.15) is 0 Å². The number of hydrogen-bond donors (Lipinski definition) is 3. The summed E-state index contributed by atoms with van der Waals surface area (Å²) in [5.41, 5.74) is 5.97. The van der Waals surface area contributed by atoms with E-state index in [1.54, 1.807) is 0 Å². The summed E-state index contributed by atoms with van der Waals surface area (Å²) in [6.45, 7) is 7.28. The first-order valence-electron chi connectivity index (χ1n) is 12.0. The van der Waals surface area contributed by atoms with Crippen molar-refractivity contribution in [1.29, 1.82) is 0 Å². The van der Waals surface area contributed by atoms with E-state index in [4.69, 9.17) is 5.73 Å². The quantitative estimate of drug-likeness (QED) is 0.223. The molecule has 3 nitrogen and oxygen atoms in total. The summed E-state index contributed by atoms with van der Waals surface area (Å²) < 4.78 is 0. The fourth-order valence-electron chi connectivity index (χ4n) is 4.50. The lowest BCUT2D eigenvalue weighted by atomic mass is 9.65. The molecular formula is C24H51NO2. The van der Waals surface area contributed by atoms with Gasteiger partial charge < -0.3 is 15.9 Å². The molecule has 0 bridgehead atoms. The van der Waals surface area contributed by atoms with Crippen LogP contribution in [0.1, 0.15) is 117 Å². The Kier molecular flexibility index (Phi) is 17.9. The second-order valence-corrected chi connectivity index (χ2v) is 8.95. The third-order valence-electron chi connectivity index (χ3n) is 6.89. The van der Waals surface area contributed by atoms with Crippen molar-refractivity contribution < 1.29 is 10.2 Å². The van der Waals surface area contributed by atoms with Gasteiger partial charge in [0.25, 0.3) is 0 Å². The van der Waals surface area contributed by atoms with Crippen molar-refractivity contribution in [2.45, 2.75) is 117 Å². The third-order valence-corrected chi connectivity index (χ3v) is 6.89. The Morgan fingerprint density at radius 1 is 0.630 bits per heavy atom. The van der Waals surface area contributed by atoms with Gasteiger partial charge in [0.2, 0.25) is 0 Å². The first-order chi connectivity index (χ1) is 13.1. The van der Waals surface area contributed by atoms with E-state index in [9.17, 15) is 10.2 Å². The normalized spacial score (nSPS) is 16.2. The Balaban J connectivity index is 3.71. The number of aliphatic hydroxyl groups is 2. The molecule has 3 heteroatoms. The molecule has 0 aliphatic rings. The SMILES string of the molecule is CCCCCCCCCCCCCCCCC(CN)(C(C)CO)C(C)CO. The van der Waals surface area contributed by atoms with Crippen molar-refractivity contribution in [3.05, 3.63) is 0 Å². The zero-order valence-electron chi connectivity index (χ0n) is 18.9. The second kappa shape index (κ2) is 17.9. The summed E-state index contributed by atoms with van der Waals surface area (Å²) in [6, 6.07) is 0. The summed E-state index contributed by atoms with van der Waals surface area (Å²) in [7, 11) is 0. The largest absolute Gasteiger partial charge is 0.396 e. The van der Waals surface area contributed by atoms with Gasteiger partial charge in [-0.1, -0.05) is 111 Å². The van der Waals surface area contributed by atoms with Crippen LogP contribution in [0.15, 0.2) is 0 Å². The molecule has 0 aliphatic carbocycles. The fraction of sp³-hybridized carbons (Fsp3) is 1.00. The van der Waals surface area contributed by atoms with E-state index >= 15 is 0 Å². The maximum atomic E-state index is 9.62. The Bertz CT molecular complexity index is 299. The van der Waals surface area contributed by atoms with Gasteiger partial charge in [0, 0.05) is 13.2 Å². The molecular weight excluding hydrogens is 334 g/mol. The van der Waals surface area contributed by atoms with Crippen LogP contribution in [0.3, 0.4) is 0 Å². The molecule has 164 valence electrons. The zero-order chi connectivity index (χ0) is 20.4. The topological polar surface area (TPSA) is 66.5 Å². The maximum Gasteiger partial charge on any atom is 0.0462 e. The second-order valence-electron chi connectivity index (χ2n) is 8.95. The lowest BCUT2D eigenvalue weighted by Crippen LogP contribution is -2.45. The van der Waals surface area contributed by atoms with Crippen LogP contribution in [0.4, 0.5) is 0 Å². The van der Waals surface area contributed by atoms with Crippen molar-refractivity contribution >= 4 is 0 Å². The minimum absolute atomic E-state index is 0.124. The molecule has 0 saturated carbocycles. The van der Waals surface area contributed by atoms with Crippen LogP contribution >= 0.6 is 0 Å². The van der Waals surface area contributed by atoms with Crippen LogP contribution in [-0.4, -0.2) is 30.0 Å². The predicted octanol–water partition coefficient (Wildman–Crippen LogP) is 6.06. The highest BCUT2D eigenvalue weighted by Gasteiger charge is 2.38. The highest BCUT2D eigenvalue weighted by Crippen LogP contribution is 2.40. The van der Waals surface area contributed by atoms with E-state index in [1.807, 2.05) is 0 Å². The van der Waals surface area contributed by atoms with Crippen molar-refractivity contribution in [3.8, 4) is 0 Å². The van der Waals surface area contributed by atoms with E-state index in [-0.39, 0.29) is 30.5 Å². The van der Waals surface area contributed by atoms with Crippen LogP contribution < -0.4 is 5.73 Å². The maximum absolute atomic E-state index is 9.62. The highest BCUT2D eigenvalue weighted by molar-refractivity contribution is 4.89. The van der Waals surface area contributed by atoms with Gasteiger partial charge in [-0.05, 0) is 30.2 Å². The lowest BCUT2D eigenvalue weighted by molar-refractivity contribution is 0.0154. The predicted molar refractivity (Wildman–Crippen MR) is 119 cm³/mol. The molecule has 0 saturated heterocycles. The molecule has 2 unspecified atom stereocenters. The average molecular weight is 386 g/mol. The van der Waals surface area contributed by atoms with Gasteiger partial charge in [-0.15, -0.1) is 0 Å². The number of aliphatic hydroxyl groups excluding tert-OH is 2. The summed E-state index contributed by atoms with van der Waals surface area (Å²) in [6.07, 6.45) is 20.1. The molecule has 0 fully saturated rings. The summed E-state index contributed by atoms with van der Waals surface area (Å²) in [4.78, 5) is 0. The number of nitrogens with two attached hydrogens (primary N) is 1. The zero-order valence-corrected chi connectivity index (χ0v) is 18.9. The molecule has 0 amide bonds. The van der Waals surface area contributed by atoms with Crippen LogP contribution in [0.5, 0.6) is 0 Å². The molecule has 0 aromatic rings. The van der Waals surface area contributed by atoms with Gasteiger partial charge in [0.05, 0.1) is 0 Å². The molecule has 0 heterocycles. The van der Waals surface area contributed by atoms with Crippen molar-refractivity contribution in [2.24, 2.45) is 23.0 Å². The van der Waals surface area contributed by atoms with E-state index < -0.39 is 0 Å². The Morgan fingerprint density at radius 3 is 1.26 bits per heavy atom. The van der Waals surface area contributed by atoms with Crippen molar-refractivity contribution in [2.75, 3.05) is 19.8 Å².